The highest BCUT2D eigenvalue weighted by atomic mass is 32.2. The predicted octanol–water partition coefficient (Wildman–Crippen LogP) is 9.94. The van der Waals surface area contributed by atoms with Crippen LogP contribution in [0.4, 0.5) is 0 Å². The molecule has 0 aliphatic heterocycles. The summed E-state index contributed by atoms with van der Waals surface area (Å²) in [6.07, 6.45) is 0. The Balaban J connectivity index is 0.000000515. The fourth-order valence-electron chi connectivity index (χ4n) is 5.15. The molecule has 1 N–H and O–H groups in total. The van der Waals surface area contributed by atoms with E-state index in [1.807, 2.05) is 84.9 Å². The van der Waals surface area contributed by atoms with Crippen molar-refractivity contribution in [2.24, 2.45) is 0 Å². The van der Waals surface area contributed by atoms with Crippen LogP contribution in [0.3, 0.4) is 0 Å². The fourth-order valence-corrected chi connectivity index (χ4v) is 6.11. The zero-order valence-electron chi connectivity index (χ0n) is 28.4. The van der Waals surface area contributed by atoms with E-state index in [1.165, 1.54) is 21.3 Å². The highest BCUT2D eigenvalue weighted by Gasteiger charge is 2.23. The third kappa shape index (κ3) is 12.2. The maximum absolute atomic E-state index is 12.7. The van der Waals surface area contributed by atoms with E-state index in [1.54, 1.807) is 37.1 Å². The van der Waals surface area contributed by atoms with Gasteiger partial charge in [0, 0.05) is 30.4 Å². The monoisotopic (exact) mass is 744 g/mol. The standard InChI is InChI=1S/C23H22O4S.C17H18O5.3CH4/c1-25-16-27-21-14-13-19(17-9-5-3-6-10-17)20(22(21)23(24)26-2)15-28-18-11-7-4-8-12-18;1-20-11-22-15-9-8-13(12-6-4-3-5-7-12)14(10-18)16(15)17(19)21-2;;;/h3-14H,15-16H2,1-2H3;3-9,18H,10-11H2,1-2H3;3*1H4. The number of ether oxygens (including phenoxy) is 6. The minimum Gasteiger partial charge on any atom is -0.467 e. The Morgan fingerprint density at radius 1 is 0.547 bits per heavy atom. The van der Waals surface area contributed by atoms with Crippen molar-refractivity contribution in [2.75, 3.05) is 42.0 Å². The number of carbonyl (C=O) groups excluding carboxylic acids is 2. The molecule has 0 fully saturated rings. The molecule has 0 atom stereocenters. The first kappa shape index (κ1) is 45.9. The van der Waals surface area contributed by atoms with Crippen LogP contribution < -0.4 is 9.47 Å². The lowest BCUT2D eigenvalue weighted by Crippen LogP contribution is -2.12. The molecule has 53 heavy (non-hydrogen) atoms. The highest BCUT2D eigenvalue weighted by molar-refractivity contribution is 7.98. The summed E-state index contributed by atoms with van der Waals surface area (Å²) in [7, 11) is 5.70. The quantitative estimate of drug-likeness (QED) is 0.0670. The molecule has 5 aromatic rings. The third-order valence-electron chi connectivity index (χ3n) is 7.45. The Kier molecular flexibility index (Phi) is 20.9. The van der Waals surface area contributed by atoms with Crippen LogP contribution in [-0.2, 0) is 31.3 Å². The van der Waals surface area contributed by atoms with Crippen LogP contribution in [-0.4, -0.2) is 59.1 Å². The molecule has 0 aliphatic rings. The molecule has 5 rings (SSSR count). The number of thioether (sulfide) groups is 1. The average molecular weight is 745 g/mol. The summed E-state index contributed by atoms with van der Waals surface area (Å²) >= 11 is 1.66. The van der Waals surface area contributed by atoms with Crippen LogP contribution in [0.15, 0.2) is 120 Å². The average Bonchev–Trinajstić information content (AvgIpc) is 3.18. The third-order valence-corrected chi connectivity index (χ3v) is 8.49. The largest absolute Gasteiger partial charge is 0.467 e. The fraction of sp³-hybridized carbons (Fsp3) is 0.256. The molecule has 284 valence electrons. The molecular formula is C43H52O9S. The van der Waals surface area contributed by atoms with Crippen LogP contribution in [0.25, 0.3) is 22.3 Å². The molecule has 0 aromatic heterocycles. The van der Waals surface area contributed by atoms with Crippen LogP contribution in [0.2, 0.25) is 0 Å². The highest BCUT2D eigenvalue weighted by Crippen LogP contribution is 2.37. The number of aliphatic hydroxyl groups excluding tert-OH is 1. The van der Waals surface area contributed by atoms with Gasteiger partial charge in [0.15, 0.2) is 13.6 Å². The Bertz CT molecular complexity index is 1820. The molecule has 0 saturated carbocycles. The van der Waals surface area contributed by atoms with E-state index in [-0.39, 0.29) is 48.0 Å². The summed E-state index contributed by atoms with van der Waals surface area (Å²) in [6.45, 7) is -0.252. The molecule has 0 saturated heterocycles. The molecule has 9 nitrogen and oxygen atoms in total. The summed E-state index contributed by atoms with van der Waals surface area (Å²) in [4.78, 5) is 25.9. The maximum Gasteiger partial charge on any atom is 0.342 e. The van der Waals surface area contributed by atoms with Gasteiger partial charge in [0.05, 0.1) is 20.8 Å². The molecule has 0 amide bonds. The van der Waals surface area contributed by atoms with E-state index in [0.29, 0.717) is 28.4 Å². The van der Waals surface area contributed by atoms with Gasteiger partial charge in [0.2, 0.25) is 0 Å². The van der Waals surface area contributed by atoms with Crippen molar-refractivity contribution in [2.45, 2.75) is 39.5 Å². The lowest BCUT2D eigenvalue weighted by Gasteiger charge is -2.18. The molecule has 0 aliphatic carbocycles. The van der Waals surface area contributed by atoms with E-state index >= 15 is 0 Å². The second kappa shape index (κ2) is 24.2. The van der Waals surface area contributed by atoms with Crippen molar-refractivity contribution in [3.8, 4) is 33.8 Å². The molecule has 0 radical (unpaired) electrons. The summed E-state index contributed by atoms with van der Waals surface area (Å²) in [5.41, 5.74) is 5.66. The van der Waals surface area contributed by atoms with Gasteiger partial charge in [-0.25, -0.2) is 9.59 Å². The van der Waals surface area contributed by atoms with E-state index < -0.39 is 11.9 Å². The van der Waals surface area contributed by atoms with Crippen molar-refractivity contribution < 1.29 is 43.1 Å². The first-order valence-electron chi connectivity index (χ1n) is 15.6. The lowest BCUT2D eigenvalue weighted by molar-refractivity contribution is 0.0456. The summed E-state index contributed by atoms with van der Waals surface area (Å²) < 4.78 is 30.8. The molecule has 0 heterocycles. The normalized spacial score (nSPS) is 9.83. The first-order chi connectivity index (χ1) is 24.5. The molecule has 10 heteroatoms. The Labute approximate surface area is 318 Å². The van der Waals surface area contributed by atoms with Gasteiger partial charge >= 0.3 is 11.9 Å². The lowest BCUT2D eigenvalue weighted by atomic mass is 9.95. The van der Waals surface area contributed by atoms with Gasteiger partial charge in [0.25, 0.3) is 0 Å². The molecule has 0 spiro atoms. The van der Waals surface area contributed by atoms with Gasteiger partial charge in [-0.05, 0) is 52.1 Å². The van der Waals surface area contributed by atoms with E-state index in [9.17, 15) is 14.7 Å². The van der Waals surface area contributed by atoms with Gasteiger partial charge in [-0.1, -0.05) is 113 Å². The first-order valence-corrected chi connectivity index (χ1v) is 16.6. The minimum atomic E-state index is -0.562. The number of methoxy groups -OCH3 is 4. The number of hydrogen-bond acceptors (Lipinski definition) is 10. The zero-order chi connectivity index (χ0) is 35.7. The minimum absolute atomic E-state index is 0. The Hall–Kier alpha value is -5.13. The molecule has 5 aromatic carbocycles. The van der Waals surface area contributed by atoms with Crippen molar-refractivity contribution in [3.05, 3.63) is 138 Å². The van der Waals surface area contributed by atoms with Crippen molar-refractivity contribution >= 4 is 23.7 Å². The van der Waals surface area contributed by atoms with Gasteiger partial charge in [-0.3, -0.25) is 0 Å². The van der Waals surface area contributed by atoms with Gasteiger partial charge in [0.1, 0.15) is 22.6 Å². The summed E-state index contributed by atoms with van der Waals surface area (Å²) in [6, 6.07) is 36.8. The molecular weight excluding hydrogens is 693 g/mol. The molecule has 0 bridgehead atoms. The van der Waals surface area contributed by atoms with Gasteiger partial charge in [-0.2, -0.15) is 0 Å². The Morgan fingerprint density at radius 2 is 0.943 bits per heavy atom. The maximum atomic E-state index is 12.7. The van der Waals surface area contributed by atoms with Crippen LogP contribution in [0.1, 0.15) is 54.1 Å². The number of aliphatic hydroxyl groups is 1. The van der Waals surface area contributed by atoms with E-state index in [0.717, 1.165) is 32.7 Å². The van der Waals surface area contributed by atoms with Crippen molar-refractivity contribution in [3.63, 3.8) is 0 Å². The topological polar surface area (TPSA) is 110 Å². The van der Waals surface area contributed by atoms with E-state index in [4.69, 9.17) is 28.4 Å². The number of rotatable bonds is 14. The van der Waals surface area contributed by atoms with Crippen LogP contribution >= 0.6 is 11.8 Å². The summed E-state index contributed by atoms with van der Waals surface area (Å²) in [5, 5.41) is 9.76. The SMILES string of the molecule is C.C.C.COCOc1ccc(-c2ccccc2)c(CO)c1C(=O)OC.COCOc1ccc(-c2ccccc2)c(CSc2ccccc2)c1C(=O)OC. The number of carbonyl (C=O) groups is 2. The second-order valence-electron chi connectivity index (χ2n) is 10.5. The summed E-state index contributed by atoms with van der Waals surface area (Å²) in [5.74, 6) is 0.387. The molecule has 0 unspecified atom stereocenters. The van der Waals surface area contributed by atoms with Crippen molar-refractivity contribution in [1.29, 1.82) is 0 Å². The van der Waals surface area contributed by atoms with Crippen LogP contribution in [0, 0.1) is 0 Å². The smallest absolute Gasteiger partial charge is 0.342 e. The number of esters is 2. The van der Waals surface area contributed by atoms with E-state index in [2.05, 4.69) is 12.1 Å². The Morgan fingerprint density at radius 3 is 1.34 bits per heavy atom. The number of hydrogen-bond donors (Lipinski definition) is 1. The zero-order valence-corrected chi connectivity index (χ0v) is 29.2. The van der Waals surface area contributed by atoms with Gasteiger partial charge in [-0.15, -0.1) is 11.8 Å². The van der Waals surface area contributed by atoms with Gasteiger partial charge < -0.3 is 33.5 Å². The van der Waals surface area contributed by atoms with Crippen LogP contribution in [0.5, 0.6) is 11.5 Å². The second-order valence-corrected chi connectivity index (χ2v) is 11.6. The predicted molar refractivity (Wildman–Crippen MR) is 214 cm³/mol. The number of benzene rings is 5. The van der Waals surface area contributed by atoms with Crippen molar-refractivity contribution in [1.82, 2.24) is 0 Å².